The van der Waals surface area contributed by atoms with Crippen LogP contribution >= 0.6 is 0 Å². The number of aromatic nitrogens is 3. The number of rotatable bonds is 3. The molecule has 4 nitrogen and oxygen atoms in total. The van der Waals surface area contributed by atoms with Gasteiger partial charge in [-0.2, -0.15) is 5.26 Å². The van der Waals surface area contributed by atoms with Gasteiger partial charge in [0.2, 0.25) is 0 Å². The highest BCUT2D eigenvalue weighted by atomic mass is 15.1. The molecule has 2 aromatic carbocycles. The molecule has 4 aromatic rings. The van der Waals surface area contributed by atoms with Gasteiger partial charge < -0.3 is 4.57 Å². The number of pyridine rings is 1. The second kappa shape index (κ2) is 6.45. The molecule has 0 radical (unpaired) electrons. The average molecular weight is 338 g/mol. The molecule has 2 aromatic heterocycles. The van der Waals surface area contributed by atoms with Crippen molar-refractivity contribution in [1.29, 1.82) is 5.26 Å². The number of hydrogen-bond acceptors (Lipinski definition) is 3. The van der Waals surface area contributed by atoms with Crippen LogP contribution in [0.1, 0.15) is 22.3 Å². The van der Waals surface area contributed by atoms with Gasteiger partial charge in [-0.15, -0.1) is 0 Å². The van der Waals surface area contributed by atoms with E-state index in [1.807, 2.05) is 36.4 Å². The summed E-state index contributed by atoms with van der Waals surface area (Å²) in [5, 5.41) is 9.44. The van der Waals surface area contributed by atoms with Gasteiger partial charge in [0.1, 0.15) is 5.82 Å². The Hall–Kier alpha value is -3.45. The Bertz CT molecular complexity index is 1130. The van der Waals surface area contributed by atoms with E-state index in [0.717, 1.165) is 28.0 Å². The lowest BCUT2D eigenvalue weighted by Gasteiger charge is -2.11. The number of hydrogen-bond donors (Lipinski definition) is 0. The van der Waals surface area contributed by atoms with E-state index in [9.17, 15) is 5.26 Å². The minimum absolute atomic E-state index is 0.598. The van der Waals surface area contributed by atoms with Gasteiger partial charge >= 0.3 is 0 Å². The third kappa shape index (κ3) is 2.74. The van der Waals surface area contributed by atoms with Gasteiger partial charge in [-0.25, -0.2) is 4.98 Å². The van der Waals surface area contributed by atoms with Crippen LogP contribution in [0.5, 0.6) is 0 Å². The van der Waals surface area contributed by atoms with Crippen LogP contribution in [0, 0.1) is 25.2 Å². The topological polar surface area (TPSA) is 54.5 Å². The Labute approximate surface area is 152 Å². The predicted molar refractivity (Wildman–Crippen MR) is 103 cm³/mol. The number of nitriles is 1. The van der Waals surface area contributed by atoms with Crippen molar-refractivity contribution in [2.45, 2.75) is 20.4 Å². The van der Waals surface area contributed by atoms with Crippen molar-refractivity contribution in [3.05, 3.63) is 83.2 Å². The summed E-state index contributed by atoms with van der Waals surface area (Å²) in [5.41, 5.74) is 7.19. The normalized spacial score (nSPS) is 10.8. The van der Waals surface area contributed by atoms with Crippen molar-refractivity contribution in [1.82, 2.24) is 14.5 Å². The van der Waals surface area contributed by atoms with Crippen molar-refractivity contribution in [3.63, 3.8) is 0 Å². The smallest absolute Gasteiger partial charge is 0.141 e. The molecule has 4 rings (SSSR count). The molecule has 0 saturated carbocycles. The molecule has 2 heterocycles. The molecule has 0 spiro atoms. The highest BCUT2D eigenvalue weighted by Crippen LogP contribution is 2.28. The van der Waals surface area contributed by atoms with E-state index in [0.29, 0.717) is 12.1 Å². The van der Waals surface area contributed by atoms with Gasteiger partial charge in [0.25, 0.3) is 0 Å². The standard InChI is InChI=1S/C22H18N4/c1-15-11-20-21(12-16(15)2)26(14-19-6-4-3-5-18(19)13-23)22(25-20)17-7-9-24-10-8-17/h3-12H,14H2,1-2H3. The first-order valence-corrected chi connectivity index (χ1v) is 8.53. The quantitative estimate of drug-likeness (QED) is 0.547. The zero-order chi connectivity index (χ0) is 18.1. The Balaban J connectivity index is 1.96. The third-order valence-corrected chi connectivity index (χ3v) is 4.77. The maximum Gasteiger partial charge on any atom is 0.141 e. The van der Waals surface area contributed by atoms with Crippen LogP contribution in [0.3, 0.4) is 0 Å². The van der Waals surface area contributed by atoms with Gasteiger partial charge in [0, 0.05) is 18.0 Å². The maximum absolute atomic E-state index is 9.44. The van der Waals surface area contributed by atoms with Crippen molar-refractivity contribution < 1.29 is 0 Å². The fraction of sp³-hybridized carbons (Fsp3) is 0.136. The van der Waals surface area contributed by atoms with Crippen LogP contribution in [0.25, 0.3) is 22.4 Å². The summed E-state index contributed by atoms with van der Waals surface area (Å²) < 4.78 is 2.19. The Morgan fingerprint density at radius 2 is 1.73 bits per heavy atom. The molecule has 0 unspecified atom stereocenters. The summed E-state index contributed by atoms with van der Waals surface area (Å²) >= 11 is 0. The Morgan fingerprint density at radius 3 is 2.50 bits per heavy atom. The number of imidazole rings is 1. The van der Waals surface area contributed by atoms with Crippen molar-refractivity contribution >= 4 is 11.0 Å². The van der Waals surface area contributed by atoms with Gasteiger partial charge in [0.05, 0.1) is 29.2 Å². The number of nitrogens with zero attached hydrogens (tertiary/aromatic N) is 4. The lowest BCUT2D eigenvalue weighted by Crippen LogP contribution is -2.04. The van der Waals surface area contributed by atoms with Gasteiger partial charge in [0.15, 0.2) is 0 Å². The monoisotopic (exact) mass is 338 g/mol. The van der Waals surface area contributed by atoms with Crippen molar-refractivity contribution in [3.8, 4) is 17.5 Å². The second-order valence-corrected chi connectivity index (χ2v) is 6.45. The number of benzene rings is 2. The summed E-state index contributed by atoms with van der Waals surface area (Å²) in [4.78, 5) is 9.00. The molecule has 0 aliphatic heterocycles. The van der Waals surface area contributed by atoms with Crippen molar-refractivity contribution in [2.24, 2.45) is 0 Å². The van der Waals surface area contributed by atoms with E-state index < -0.39 is 0 Å². The van der Waals surface area contributed by atoms with Crippen LogP contribution in [0.15, 0.2) is 60.9 Å². The fourth-order valence-corrected chi connectivity index (χ4v) is 3.20. The summed E-state index contributed by atoms with van der Waals surface area (Å²) in [6.45, 7) is 4.81. The molecule has 0 bridgehead atoms. The average Bonchev–Trinajstić information content (AvgIpc) is 3.01. The lowest BCUT2D eigenvalue weighted by molar-refractivity contribution is 0.831. The van der Waals surface area contributed by atoms with E-state index in [4.69, 9.17) is 4.98 Å². The molecule has 126 valence electrons. The van der Waals surface area contributed by atoms with Gasteiger partial charge in [-0.05, 0) is 60.9 Å². The number of fused-ring (bicyclic) bond motifs is 1. The van der Waals surface area contributed by atoms with Crippen LogP contribution in [-0.2, 0) is 6.54 Å². The maximum atomic E-state index is 9.44. The molecule has 0 N–H and O–H groups in total. The Kier molecular flexibility index (Phi) is 3.98. The van der Waals surface area contributed by atoms with Crippen LogP contribution < -0.4 is 0 Å². The molecular weight excluding hydrogens is 320 g/mol. The van der Waals surface area contributed by atoms with Crippen LogP contribution in [0.4, 0.5) is 0 Å². The molecule has 0 aliphatic carbocycles. The van der Waals surface area contributed by atoms with Crippen molar-refractivity contribution in [2.75, 3.05) is 0 Å². The first-order chi connectivity index (χ1) is 12.7. The van der Waals surface area contributed by atoms with E-state index in [1.165, 1.54) is 11.1 Å². The first-order valence-electron chi connectivity index (χ1n) is 8.53. The molecule has 0 aliphatic rings. The number of aryl methyl sites for hydroxylation is 2. The predicted octanol–water partition coefficient (Wildman–Crippen LogP) is 4.64. The summed E-state index contributed by atoms with van der Waals surface area (Å²) in [7, 11) is 0. The van der Waals surface area contributed by atoms with Gasteiger partial charge in [-0.1, -0.05) is 18.2 Å². The molecule has 0 amide bonds. The van der Waals surface area contributed by atoms with E-state index in [1.54, 1.807) is 12.4 Å². The highest BCUT2D eigenvalue weighted by molar-refractivity contribution is 5.82. The highest BCUT2D eigenvalue weighted by Gasteiger charge is 2.15. The lowest BCUT2D eigenvalue weighted by atomic mass is 10.1. The van der Waals surface area contributed by atoms with E-state index >= 15 is 0 Å². The second-order valence-electron chi connectivity index (χ2n) is 6.45. The molecule has 0 atom stereocenters. The third-order valence-electron chi connectivity index (χ3n) is 4.77. The molecule has 26 heavy (non-hydrogen) atoms. The summed E-state index contributed by atoms with van der Waals surface area (Å²) in [5.74, 6) is 0.889. The molecule has 0 saturated heterocycles. The molecular formula is C22H18N4. The minimum Gasteiger partial charge on any atom is -0.319 e. The van der Waals surface area contributed by atoms with Gasteiger partial charge in [-0.3, -0.25) is 4.98 Å². The Morgan fingerprint density at radius 1 is 1.00 bits per heavy atom. The molecule has 4 heteroatoms. The molecule has 0 fully saturated rings. The van der Waals surface area contributed by atoms with Crippen LogP contribution in [0.2, 0.25) is 0 Å². The summed E-state index contributed by atoms with van der Waals surface area (Å²) in [6, 6.07) is 18.3. The van der Waals surface area contributed by atoms with E-state index in [-0.39, 0.29) is 0 Å². The van der Waals surface area contributed by atoms with E-state index in [2.05, 4.69) is 41.6 Å². The first kappa shape index (κ1) is 16.0. The fourth-order valence-electron chi connectivity index (χ4n) is 3.20. The minimum atomic E-state index is 0.598. The SMILES string of the molecule is Cc1cc2nc(-c3ccncc3)n(Cc3ccccc3C#N)c2cc1C. The summed E-state index contributed by atoms with van der Waals surface area (Å²) in [6.07, 6.45) is 3.55. The zero-order valence-electron chi connectivity index (χ0n) is 14.8. The largest absolute Gasteiger partial charge is 0.319 e. The zero-order valence-corrected chi connectivity index (χ0v) is 14.8. The van der Waals surface area contributed by atoms with Crippen LogP contribution in [-0.4, -0.2) is 14.5 Å².